The smallest absolute Gasteiger partial charge is 0.275 e. The molecule has 0 spiro atoms. The number of aryl methyl sites for hydroxylation is 1. The molecule has 1 amide bonds. The number of amides is 1. The van der Waals surface area contributed by atoms with Crippen LogP contribution in [-0.2, 0) is 17.8 Å². The Kier molecular flexibility index (Phi) is 4.99. The highest BCUT2D eigenvalue weighted by Crippen LogP contribution is 2.38. The molecule has 0 saturated heterocycles. The molecule has 0 bridgehead atoms. The summed E-state index contributed by atoms with van der Waals surface area (Å²) in [6.07, 6.45) is 3.72. The first-order chi connectivity index (χ1) is 13.5. The van der Waals surface area contributed by atoms with Gasteiger partial charge in [0.1, 0.15) is 6.54 Å². The van der Waals surface area contributed by atoms with Crippen molar-refractivity contribution in [1.29, 1.82) is 0 Å². The average molecular weight is 375 g/mol. The number of nitrogens with one attached hydrogen (secondary N) is 1. The van der Waals surface area contributed by atoms with E-state index in [2.05, 4.69) is 36.4 Å². The van der Waals surface area contributed by atoms with Crippen LogP contribution in [0.5, 0.6) is 0 Å². The second kappa shape index (κ2) is 7.58. The van der Waals surface area contributed by atoms with Gasteiger partial charge in [-0.3, -0.25) is 9.59 Å². The molecular weight excluding hydrogens is 350 g/mol. The number of rotatable bonds is 4. The van der Waals surface area contributed by atoms with E-state index in [1.807, 2.05) is 30.3 Å². The minimum absolute atomic E-state index is 0.0337. The van der Waals surface area contributed by atoms with E-state index in [0.29, 0.717) is 17.2 Å². The van der Waals surface area contributed by atoms with Crippen LogP contribution >= 0.6 is 0 Å². The molecule has 5 heteroatoms. The zero-order chi connectivity index (χ0) is 19.7. The van der Waals surface area contributed by atoms with Crippen molar-refractivity contribution in [3.05, 3.63) is 76.2 Å². The maximum atomic E-state index is 12.8. The third-order valence-corrected chi connectivity index (χ3v) is 5.79. The first-order valence-corrected chi connectivity index (χ1v) is 9.86. The lowest BCUT2D eigenvalue weighted by Crippen LogP contribution is -2.41. The highest BCUT2D eigenvalue weighted by Gasteiger charge is 2.32. The van der Waals surface area contributed by atoms with Gasteiger partial charge in [0.05, 0.1) is 17.6 Å². The fourth-order valence-corrected chi connectivity index (χ4v) is 4.28. The highest BCUT2D eigenvalue weighted by atomic mass is 16.2. The van der Waals surface area contributed by atoms with E-state index < -0.39 is 0 Å². The molecule has 5 nitrogen and oxygen atoms in total. The first-order valence-electron chi connectivity index (χ1n) is 9.86. The summed E-state index contributed by atoms with van der Waals surface area (Å²) in [5.41, 5.74) is 2.25. The van der Waals surface area contributed by atoms with Crippen molar-refractivity contribution in [3.63, 3.8) is 0 Å². The standard InChI is InChI=1S/C23H25N3O2/c1-15(2)18-12-11-16-7-3-5-9-19(16)22(18)25-21(27)14-26-23(28)20-10-6-4-8-17(20)13-24-26/h3-10,13,15,18,22H,11-12,14H2,1-2H3,(H,25,27)/t18-,22-/m0/s1. The Hall–Kier alpha value is -2.95. The van der Waals surface area contributed by atoms with E-state index in [0.717, 1.165) is 18.2 Å². The fourth-order valence-electron chi connectivity index (χ4n) is 4.28. The van der Waals surface area contributed by atoms with Gasteiger partial charge in [0, 0.05) is 5.39 Å². The second-order valence-corrected chi connectivity index (χ2v) is 7.89. The molecule has 1 aromatic heterocycles. The van der Waals surface area contributed by atoms with Crippen molar-refractivity contribution in [2.24, 2.45) is 11.8 Å². The molecule has 0 radical (unpaired) electrons. The van der Waals surface area contributed by atoms with E-state index in [9.17, 15) is 9.59 Å². The fraction of sp³-hybridized carbons (Fsp3) is 0.348. The molecule has 0 aliphatic heterocycles. The van der Waals surface area contributed by atoms with Crippen molar-refractivity contribution in [1.82, 2.24) is 15.1 Å². The van der Waals surface area contributed by atoms with Gasteiger partial charge in [-0.05, 0) is 41.9 Å². The quantitative estimate of drug-likeness (QED) is 0.759. The molecule has 3 aromatic rings. The average Bonchev–Trinajstić information content (AvgIpc) is 2.70. The minimum Gasteiger partial charge on any atom is -0.347 e. The van der Waals surface area contributed by atoms with Crippen LogP contribution in [0.15, 0.2) is 59.5 Å². The Morgan fingerprint density at radius 3 is 2.75 bits per heavy atom. The Morgan fingerprint density at radius 1 is 1.18 bits per heavy atom. The molecule has 0 saturated carbocycles. The molecule has 1 N–H and O–H groups in total. The van der Waals surface area contributed by atoms with Gasteiger partial charge in [-0.25, -0.2) is 4.68 Å². The predicted molar refractivity (Wildman–Crippen MR) is 110 cm³/mol. The lowest BCUT2D eigenvalue weighted by molar-refractivity contribution is -0.123. The number of carbonyl (C=O) groups excluding carboxylic acids is 1. The molecule has 144 valence electrons. The van der Waals surface area contributed by atoms with Crippen LogP contribution < -0.4 is 10.9 Å². The molecule has 4 rings (SSSR count). The van der Waals surface area contributed by atoms with Crippen LogP contribution in [-0.4, -0.2) is 15.7 Å². The lowest BCUT2D eigenvalue weighted by Gasteiger charge is -2.36. The monoisotopic (exact) mass is 375 g/mol. The number of hydrogen-bond donors (Lipinski definition) is 1. The molecule has 2 atom stereocenters. The molecule has 1 aliphatic carbocycles. The Morgan fingerprint density at radius 2 is 1.93 bits per heavy atom. The number of nitrogens with zero attached hydrogens (tertiary/aromatic N) is 2. The third kappa shape index (κ3) is 3.44. The van der Waals surface area contributed by atoms with Gasteiger partial charge in [0.2, 0.25) is 5.91 Å². The van der Waals surface area contributed by atoms with Crippen molar-refractivity contribution in [2.75, 3.05) is 0 Å². The van der Waals surface area contributed by atoms with E-state index in [1.54, 1.807) is 12.3 Å². The summed E-state index contributed by atoms with van der Waals surface area (Å²) in [6.45, 7) is 4.33. The molecule has 0 fully saturated rings. The van der Waals surface area contributed by atoms with Crippen LogP contribution in [0, 0.1) is 11.8 Å². The molecule has 1 aliphatic rings. The summed E-state index contributed by atoms with van der Waals surface area (Å²) in [7, 11) is 0. The number of hydrogen-bond acceptors (Lipinski definition) is 3. The minimum atomic E-state index is -0.238. The zero-order valence-corrected chi connectivity index (χ0v) is 16.3. The van der Waals surface area contributed by atoms with Crippen molar-refractivity contribution >= 4 is 16.7 Å². The van der Waals surface area contributed by atoms with E-state index in [-0.39, 0.29) is 24.1 Å². The zero-order valence-electron chi connectivity index (χ0n) is 16.3. The van der Waals surface area contributed by atoms with Crippen molar-refractivity contribution < 1.29 is 4.79 Å². The lowest BCUT2D eigenvalue weighted by atomic mass is 9.74. The Bertz CT molecular complexity index is 1070. The topological polar surface area (TPSA) is 64.0 Å². The van der Waals surface area contributed by atoms with Gasteiger partial charge in [-0.15, -0.1) is 0 Å². The maximum absolute atomic E-state index is 12.8. The summed E-state index contributed by atoms with van der Waals surface area (Å²) >= 11 is 0. The van der Waals surface area contributed by atoms with Gasteiger partial charge in [0.25, 0.3) is 5.56 Å². The third-order valence-electron chi connectivity index (χ3n) is 5.79. The van der Waals surface area contributed by atoms with Gasteiger partial charge in [-0.1, -0.05) is 56.3 Å². The number of fused-ring (bicyclic) bond motifs is 2. The highest BCUT2D eigenvalue weighted by molar-refractivity contribution is 5.81. The molecule has 1 heterocycles. The Labute approximate surface area is 164 Å². The van der Waals surface area contributed by atoms with Gasteiger partial charge >= 0.3 is 0 Å². The largest absolute Gasteiger partial charge is 0.347 e. The summed E-state index contributed by atoms with van der Waals surface area (Å²) in [6, 6.07) is 15.6. The SMILES string of the molecule is CC(C)[C@@H]1CCc2ccccc2[C@H]1NC(=O)Cn1ncc2ccccc2c1=O. The number of aromatic nitrogens is 2. The molecule has 2 aromatic carbocycles. The maximum Gasteiger partial charge on any atom is 0.275 e. The van der Waals surface area contributed by atoms with Crippen LogP contribution in [0.25, 0.3) is 10.8 Å². The van der Waals surface area contributed by atoms with Gasteiger partial charge in [0.15, 0.2) is 0 Å². The predicted octanol–water partition coefficient (Wildman–Crippen LogP) is 3.47. The van der Waals surface area contributed by atoms with Crippen molar-refractivity contribution in [3.8, 4) is 0 Å². The van der Waals surface area contributed by atoms with Crippen LogP contribution in [0.2, 0.25) is 0 Å². The Balaban J connectivity index is 1.59. The van der Waals surface area contributed by atoms with Crippen LogP contribution in [0.3, 0.4) is 0 Å². The number of carbonyl (C=O) groups is 1. The van der Waals surface area contributed by atoms with Gasteiger partial charge < -0.3 is 5.32 Å². The normalized spacial score (nSPS) is 18.8. The second-order valence-electron chi connectivity index (χ2n) is 7.89. The summed E-state index contributed by atoms with van der Waals surface area (Å²) < 4.78 is 1.25. The molecule has 28 heavy (non-hydrogen) atoms. The van der Waals surface area contributed by atoms with E-state index >= 15 is 0 Å². The summed E-state index contributed by atoms with van der Waals surface area (Å²) in [4.78, 5) is 25.5. The molecular formula is C23H25N3O2. The summed E-state index contributed by atoms with van der Waals surface area (Å²) in [5.74, 6) is 0.651. The van der Waals surface area contributed by atoms with Gasteiger partial charge in [-0.2, -0.15) is 5.10 Å². The van der Waals surface area contributed by atoms with Crippen LogP contribution in [0.1, 0.15) is 37.4 Å². The molecule has 0 unspecified atom stereocenters. The first kappa shape index (κ1) is 18.4. The van der Waals surface area contributed by atoms with E-state index in [4.69, 9.17) is 0 Å². The number of benzene rings is 2. The van der Waals surface area contributed by atoms with Crippen molar-refractivity contribution in [2.45, 2.75) is 39.3 Å². The van der Waals surface area contributed by atoms with Crippen LogP contribution in [0.4, 0.5) is 0 Å². The summed E-state index contributed by atoms with van der Waals surface area (Å²) in [5, 5.41) is 8.73. The van der Waals surface area contributed by atoms with E-state index in [1.165, 1.54) is 15.8 Å².